The molecule has 8 aromatic carbocycles. The lowest BCUT2D eigenvalue weighted by Crippen LogP contribution is -2.20. The average molecular weight is 861 g/mol. The highest BCUT2D eigenvalue weighted by atomic mass is 15.0. The third-order valence-electron chi connectivity index (χ3n) is 12.1. The number of aromatic nitrogens is 5. The van der Waals surface area contributed by atoms with Crippen molar-refractivity contribution < 1.29 is 0 Å². The van der Waals surface area contributed by atoms with Gasteiger partial charge >= 0.3 is 0 Å². The van der Waals surface area contributed by atoms with Gasteiger partial charge in [-0.05, 0) is 64.1 Å². The summed E-state index contributed by atoms with van der Waals surface area (Å²) < 4.78 is 0. The van der Waals surface area contributed by atoms with E-state index in [0.717, 1.165) is 83.8 Å². The van der Waals surface area contributed by atoms with Gasteiger partial charge in [-0.2, -0.15) is 0 Å². The third kappa shape index (κ3) is 8.72. The molecule has 318 valence electrons. The summed E-state index contributed by atoms with van der Waals surface area (Å²) in [5, 5.41) is 3.72. The van der Waals surface area contributed by atoms with Crippen LogP contribution in [-0.4, -0.2) is 24.9 Å². The van der Waals surface area contributed by atoms with Crippen LogP contribution in [0, 0.1) is 0 Å². The van der Waals surface area contributed by atoms with Crippen molar-refractivity contribution in [2.45, 2.75) is 13.0 Å². The van der Waals surface area contributed by atoms with E-state index >= 15 is 0 Å². The normalized spacial score (nSPS) is 13.1. The van der Waals surface area contributed by atoms with Crippen LogP contribution in [0.25, 0.3) is 101 Å². The predicted molar refractivity (Wildman–Crippen MR) is 273 cm³/mol. The Labute approximate surface area is 390 Å². The zero-order valence-electron chi connectivity index (χ0n) is 36.8. The van der Waals surface area contributed by atoms with Crippen molar-refractivity contribution >= 4 is 0 Å². The zero-order chi connectivity index (χ0) is 44.9. The molecule has 0 saturated heterocycles. The number of benzene rings is 8. The fourth-order valence-electron chi connectivity index (χ4n) is 8.69. The Hall–Kier alpha value is -8.87. The van der Waals surface area contributed by atoms with Crippen molar-refractivity contribution in [3.63, 3.8) is 0 Å². The van der Waals surface area contributed by atoms with Crippen LogP contribution in [0.15, 0.2) is 242 Å². The molecule has 6 nitrogen and oxygen atoms in total. The first-order valence-corrected chi connectivity index (χ1v) is 22.5. The molecule has 0 saturated carbocycles. The molecule has 0 bridgehead atoms. The fraction of sp³-hybridized carbons (Fsp3) is 0.0328. The minimum Gasteiger partial charge on any atom is -0.378 e. The van der Waals surface area contributed by atoms with Crippen LogP contribution in [0.2, 0.25) is 0 Å². The molecule has 0 aliphatic carbocycles. The molecule has 11 rings (SSSR count). The van der Waals surface area contributed by atoms with Crippen molar-refractivity contribution in [1.29, 1.82) is 0 Å². The number of rotatable bonds is 10. The van der Waals surface area contributed by atoms with E-state index in [1.54, 1.807) is 0 Å². The first kappa shape index (κ1) is 40.9. The highest BCUT2D eigenvalue weighted by Crippen LogP contribution is 2.38. The summed E-state index contributed by atoms with van der Waals surface area (Å²) >= 11 is 0. The summed E-state index contributed by atoms with van der Waals surface area (Å²) in [6, 6.07) is 75.5. The number of hydrogen-bond donors (Lipinski definition) is 1. The van der Waals surface area contributed by atoms with Crippen molar-refractivity contribution in [1.82, 2.24) is 30.2 Å². The molecule has 1 aliphatic heterocycles. The van der Waals surface area contributed by atoms with Crippen LogP contribution >= 0.6 is 0 Å². The molecule has 1 unspecified atom stereocenters. The molecule has 3 heterocycles. The van der Waals surface area contributed by atoms with Crippen LogP contribution in [-0.2, 0) is 0 Å². The summed E-state index contributed by atoms with van der Waals surface area (Å²) in [7, 11) is 0. The van der Waals surface area contributed by atoms with Gasteiger partial charge in [0.25, 0.3) is 0 Å². The molecule has 1 N–H and O–H groups in total. The summed E-state index contributed by atoms with van der Waals surface area (Å²) in [5.41, 5.74) is 16.6. The zero-order valence-corrected chi connectivity index (χ0v) is 36.8. The maximum absolute atomic E-state index is 5.16. The molecule has 67 heavy (non-hydrogen) atoms. The van der Waals surface area contributed by atoms with Crippen molar-refractivity contribution in [2.75, 3.05) is 0 Å². The first-order valence-electron chi connectivity index (χ1n) is 22.5. The summed E-state index contributed by atoms with van der Waals surface area (Å²) in [6.45, 7) is 2.11. The maximum atomic E-state index is 5.16. The van der Waals surface area contributed by atoms with Crippen molar-refractivity contribution in [2.24, 2.45) is 0 Å². The average Bonchev–Trinajstić information content (AvgIpc) is 3.41. The quantitative estimate of drug-likeness (QED) is 0.148. The standard InChI is InChI=1S/C61H44N6/c1-41-17-16-28-55(62-41)54-39-50(37-38-52(54)44-31-35-49(36-32-44)61-66-59(47-22-10-4-11-23-47)65-60(67-61)48-24-12-5-13-25-48)42-29-33-45(34-30-42)56-40-57(64-58(63-56)46-20-8-3-9-21-46)53-27-15-14-26-51(53)43-18-6-2-7-19-43/h2-40,55,62H,1H3. The summed E-state index contributed by atoms with van der Waals surface area (Å²) in [5.74, 6) is 2.60. The molecule has 10 aromatic rings. The SMILES string of the molecule is CC1=CC=CC(c2cc(-c3ccc(-c4cc(-c5ccccc5-c5ccccc5)nc(-c5ccccc5)n4)cc3)ccc2-c2ccc(-c3nc(-c4ccccc4)nc(-c4ccccc4)n3)cc2)N1. The second kappa shape index (κ2) is 18.3. The van der Waals surface area contributed by atoms with Crippen LogP contribution in [0.5, 0.6) is 0 Å². The highest BCUT2D eigenvalue weighted by Gasteiger charge is 2.19. The maximum Gasteiger partial charge on any atom is 0.164 e. The van der Waals surface area contributed by atoms with Gasteiger partial charge in [-0.25, -0.2) is 24.9 Å². The topological polar surface area (TPSA) is 76.5 Å². The Bertz CT molecular complexity index is 3350. The van der Waals surface area contributed by atoms with E-state index in [4.69, 9.17) is 24.9 Å². The van der Waals surface area contributed by atoms with E-state index in [0.29, 0.717) is 23.3 Å². The van der Waals surface area contributed by atoms with Crippen molar-refractivity contribution in [3.8, 4) is 101 Å². The minimum atomic E-state index is -0.0149. The Morgan fingerprint density at radius 2 is 0.746 bits per heavy atom. The van der Waals surface area contributed by atoms with E-state index in [1.807, 2.05) is 84.9 Å². The van der Waals surface area contributed by atoms with E-state index < -0.39 is 0 Å². The fourth-order valence-corrected chi connectivity index (χ4v) is 8.69. The summed E-state index contributed by atoms with van der Waals surface area (Å²) in [4.78, 5) is 25.1. The van der Waals surface area contributed by atoms with Crippen LogP contribution < -0.4 is 5.32 Å². The van der Waals surface area contributed by atoms with Gasteiger partial charge in [-0.3, -0.25) is 0 Å². The highest BCUT2D eigenvalue weighted by molar-refractivity contribution is 5.85. The second-order valence-corrected chi connectivity index (χ2v) is 16.6. The first-order chi connectivity index (χ1) is 33.1. The largest absolute Gasteiger partial charge is 0.378 e. The molecular formula is C61H44N6. The molecule has 0 amide bonds. The van der Waals surface area contributed by atoms with Gasteiger partial charge < -0.3 is 5.32 Å². The number of hydrogen-bond acceptors (Lipinski definition) is 6. The summed E-state index contributed by atoms with van der Waals surface area (Å²) in [6.07, 6.45) is 6.47. The van der Waals surface area contributed by atoms with Crippen LogP contribution in [0.1, 0.15) is 18.5 Å². The molecule has 2 aromatic heterocycles. The lowest BCUT2D eigenvalue weighted by molar-refractivity contribution is 0.706. The van der Waals surface area contributed by atoms with Crippen LogP contribution in [0.3, 0.4) is 0 Å². The monoisotopic (exact) mass is 860 g/mol. The van der Waals surface area contributed by atoms with Gasteiger partial charge in [0.2, 0.25) is 0 Å². The van der Waals surface area contributed by atoms with E-state index in [9.17, 15) is 0 Å². The van der Waals surface area contributed by atoms with Gasteiger partial charge in [0.05, 0.1) is 17.4 Å². The van der Waals surface area contributed by atoms with Gasteiger partial charge in [0.1, 0.15) is 0 Å². The molecule has 0 spiro atoms. The van der Waals surface area contributed by atoms with Gasteiger partial charge in [0, 0.05) is 39.1 Å². The predicted octanol–water partition coefficient (Wildman–Crippen LogP) is 14.8. The Balaban J connectivity index is 0.942. The second-order valence-electron chi connectivity index (χ2n) is 16.6. The number of nitrogens with zero attached hydrogens (tertiary/aromatic N) is 5. The molecule has 0 fully saturated rings. The smallest absolute Gasteiger partial charge is 0.164 e. The Morgan fingerprint density at radius 1 is 0.328 bits per heavy atom. The molecular weight excluding hydrogens is 817 g/mol. The third-order valence-corrected chi connectivity index (χ3v) is 12.1. The lowest BCUT2D eigenvalue weighted by Gasteiger charge is -2.24. The van der Waals surface area contributed by atoms with E-state index in [2.05, 4.69) is 164 Å². The lowest BCUT2D eigenvalue weighted by atomic mass is 9.89. The van der Waals surface area contributed by atoms with Gasteiger partial charge in [0.15, 0.2) is 23.3 Å². The van der Waals surface area contributed by atoms with Gasteiger partial charge in [-0.15, -0.1) is 0 Å². The Kier molecular flexibility index (Phi) is 11.2. The van der Waals surface area contributed by atoms with E-state index in [1.165, 1.54) is 5.56 Å². The molecule has 1 atom stereocenters. The Morgan fingerprint density at radius 3 is 1.31 bits per heavy atom. The molecule has 6 heteroatoms. The number of nitrogens with one attached hydrogen (secondary N) is 1. The molecule has 0 radical (unpaired) electrons. The minimum absolute atomic E-state index is 0.0149. The van der Waals surface area contributed by atoms with Gasteiger partial charge in [-0.1, -0.05) is 218 Å². The number of dihydropyridines is 1. The number of allylic oxidation sites excluding steroid dienone is 3. The van der Waals surface area contributed by atoms with Crippen LogP contribution in [0.4, 0.5) is 0 Å². The van der Waals surface area contributed by atoms with E-state index in [-0.39, 0.29) is 6.04 Å². The van der Waals surface area contributed by atoms with Crippen molar-refractivity contribution in [3.05, 3.63) is 248 Å². The molecule has 1 aliphatic rings.